The maximum Gasteiger partial charge on any atom is 0.188 e. The number of ketones is 1. The number of hydrogen-bond acceptors (Lipinski definition) is 4. The zero-order chi connectivity index (χ0) is 23.5. The minimum absolute atomic E-state index is 0.256. The maximum absolute atomic E-state index is 11.6. The second-order valence-electron chi connectivity index (χ2n) is 9.44. The van der Waals surface area contributed by atoms with Gasteiger partial charge in [-0.15, -0.1) is 0 Å². The van der Waals surface area contributed by atoms with Crippen molar-refractivity contribution in [2.45, 2.75) is 38.8 Å². The monoisotopic (exact) mass is 453 g/mol. The molecule has 4 aromatic rings. The first-order valence-electron chi connectivity index (χ1n) is 12.0. The molecule has 0 atom stereocenters. The summed E-state index contributed by atoms with van der Waals surface area (Å²) in [5.74, 6) is 0.305. The molecule has 1 aliphatic rings. The van der Waals surface area contributed by atoms with Gasteiger partial charge in [-0.1, -0.05) is 54.1 Å². The second kappa shape index (κ2) is 9.92. The summed E-state index contributed by atoms with van der Waals surface area (Å²) in [4.78, 5) is 19.0. The Morgan fingerprint density at radius 1 is 0.971 bits per heavy atom. The lowest BCUT2D eigenvalue weighted by Crippen LogP contribution is -2.32. The molecule has 5 nitrogen and oxygen atoms in total. The zero-order valence-electron chi connectivity index (χ0n) is 19.7. The normalized spacial score (nSPS) is 15.1. The molecule has 0 bridgehead atoms. The number of aryl methyl sites for hydroxylation is 1. The molecule has 2 aromatic heterocycles. The highest BCUT2D eigenvalue weighted by atomic mass is 16.3. The number of aromatic nitrogens is 2. The molecule has 0 radical (unpaired) electrons. The number of piperidine rings is 1. The van der Waals surface area contributed by atoms with Gasteiger partial charge in [0.05, 0.1) is 0 Å². The number of aliphatic hydroxyl groups excluding tert-OH is 1. The van der Waals surface area contributed by atoms with Gasteiger partial charge in [0.15, 0.2) is 5.78 Å². The Labute approximate surface area is 200 Å². The highest BCUT2D eigenvalue weighted by molar-refractivity contribution is 5.96. The number of aliphatic hydroxyl groups is 1. The fourth-order valence-corrected chi connectivity index (χ4v) is 4.91. The van der Waals surface area contributed by atoms with Gasteiger partial charge >= 0.3 is 0 Å². The molecule has 0 unspecified atom stereocenters. The van der Waals surface area contributed by atoms with E-state index in [1.807, 2.05) is 12.1 Å². The van der Waals surface area contributed by atoms with Crippen LogP contribution >= 0.6 is 0 Å². The Hall–Kier alpha value is -3.28. The second-order valence-corrected chi connectivity index (χ2v) is 9.44. The van der Waals surface area contributed by atoms with Gasteiger partial charge in [-0.05, 0) is 67.6 Å². The predicted molar refractivity (Wildman–Crippen MR) is 135 cm³/mol. The van der Waals surface area contributed by atoms with Gasteiger partial charge in [0, 0.05) is 36.4 Å². The van der Waals surface area contributed by atoms with Crippen molar-refractivity contribution in [3.63, 3.8) is 0 Å². The van der Waals surface area contributed by atoms with E-state index in [-0.39, 0.29) is 5.78 Å². The number of benzene rings is 2. The number of fused-ring (bicyclic) bond motifs is 1. The van der Waals surface area contributed by atoms with Crippen LogP contribution in [0.15, 0.2) is 73.1 Å². The summed E-state index contributed by atoms with van der Waals surface area (Å²) in [7, 11) is 0. The van der Waals surface area contributed by atoms with Crippen molar-refractivity contribution in [1.29, 1.82) is 0 Å². The lowest BCUT2D eigenvalue weighted by Gasteiger charge is -2.32. The van der Waals surface area contributed by atoms with E-state index in [0.29, 0.717) is 18.0 Å². The van der Waals surface area contributed by atoms with E-state index in [1.165, 1.54) is 34.9 Å². The Kier molecular flexibility index (Phi) is 6.57. The first-order chi connectivity index (χ1) is 16.6. The average Bonchev–Trinajstić information content (AvgIpc) is 3.27. The molecule has 1 saturated heterocycles. The van der Waals surface area contributed by atoms with E-state index in [0.717, 1.165) is 30.8 Å². The Balaban J connectivity index is 1.22. The fraction of sp³-hybridized carbons (Fsp3) is 0.310. The number of pyridine rings is 1. The van der Waals surface area contributed by atoms with Crippen molar-refractivity contribution in [1.82, 2.24) is 14.5 Å². The van der Waals surface area contributed by atoms with Crippen LogP contribution in [-0.2, 0) is 13.1 Å². The van der Waals surface area contributed by atoms with Gasteiger partial charge in [0.2, 0.25) is 0 Å². The quantitative estimate of drug-likeness (QED) is 0.403. The highest BCUT2D eigenvalue weighted by Crippen LogP contribution is 2.30. The van der Waals surface area contributed by atoms with Crippen molar-refractivity contribution < 1.29 is 9.90 Å². The SMILES string of the molecule is Cc1ccc(CN2CCC(c3cnc4c(ccn4Cc4ccc(C(=O)CO)cc4)c3)CC2)cc1. The third-order valence-electron chi connectivity index (χ3n) is 6.98. The molecular weight excluding hydrogens is 422 g/mol. The minimum Gasteiger partial charge on any atom is -0.388 e. The molecule has 3 heterocycles. The molecule has 2 aromatic carbocycles. The predicted octanol–water partition coefficient (Wildman–Crippen LogP) is 4.95. The van der Waals surface area contributed by atoms with E-state index < -0.39 is 6.61 Å². The van der Waals surface area contributed by atoms with Crippen molar-refractivity contribution >= 4 is 16.8 Å². The van der Waals surface area contributed by atoms with Crippen molar-refractivity contribution in [2.24, 2.45) is 0 Å². The summed E-state index contributed by atoms with van der Waals surface area (Å²) >= 11 is 0. The zero-order valence-corrected chi connectivity index (χ0v) is 19.7. The third-order valence-corrected chi connectivity index (χ3v) is 6.98. The van der Waals surface area contributed by atoms with Crippen LogP contribution < -0.4 is 0 Å². The van der Waals surface area contributed by atoms with Crippen molar-refractivity contribution in [3.05, 3.63) is 101 Å². The summed E-state index contributed by atoms with van der Waals surface area (Å²) in [6.07, 6.45) is 6.47. The van der Waals surface area contributed by atoms with Gasteiger partial charge in [-0.25, -0.2) is 4.98 Å². The van der Waals surface area contributed by atoms with Crippen LogP contribution in [0.5, 0.6) is 0 Å². The van der Waals surface area contributed by atoms with E-state index in [2.05, 4.69) is 65.2 Å². The molecule has 174 valence electrons. The number of rotatable bonds is 7. The summed E-state index contributed by atoms with van der Waals surface area (Å²) in [5.41, 5.74) is 6.66. The number of carbonyl (C=O) groups excluding carboxylic acids is 1. The van der Waals surface area contributed by atoms with Crippen LogP contribution in [-0.4, -0.2) is 45.0 Å². The summed E-state index contributed by atoms with van der Waals surface area (Å²) in [5, 5.41) is 10.2. The van der Waals surface area contributed by atoms with Crippen LogP contribution in [0.1, 0.15) is 51.4 Å². The van der Waals surface area contributed by atoms with Gasteiger partial charge in [0.1, 0.15) is 12.3 Å². The van der Waals surface area contributed by atoms with Crippen LogP contribution in [0, 0.1) is 6.92 Å². The molecule has 1 N–H and O–H groups in total. The fourth-order valence-electron chi connectivity index (χ4n) is 4.91. The number of likely N-dealkylation sites (tertiary alicyclic amines) is 1. The average molecular weight is 454 g/mol. The molecule has 1 fully saturated rings. The molecule has 1 aliphatic heterocycles. The minimum atomic E-state index is -0.459. The Morgan fingerprint density at radius 3 is 2.35 bits per heavy atom. The van der Waals surface area contributed by atoms with Gasteiger partial charge in [-0.3, -0.25) is 9.69 Å². The Morgan fingerprint density at radius 2 is 1.65 bits per heavy atom. The van der Waals surface area contributed by atoms with Crippen LogP contribution in [0.4, 0.5) is 0 Å². The summed E-state index contributed by atoms with van der Waals surface area (Å²) in [6, 6.07) is 20.8. The van der Waals surface area contributed by atoms with E-state index >= 15 is 0 Å². The Bertz CT molecular complexity index is 1270. The number of Topliss-reactive ketones (excluding diaryl/α,β-unsaturated/α-hetero) is 1. The lowest BCUT2D eigenvalue weighted by atomic mass is 9.90. The molecule has 5 heteroatoms. The topological polar surface area (TPSA) is 58.4 Å². The van der Waals surface area contributed by atoms with Gasteiger partial charge < -0.3 is 9.67 Å². The number of carbonyl (C=O) groups is 1. The largest absolute Gasteiger partial charge is 0.388 e. The van der Waals surface area contributed by atoms with Crippen LogP contribution in [0.25, 0.3) is 11.0 Å². The smallest absolute Gasteiger partial charge is 0.188 e. The molecular formula is C29H31N3O2. The maximum atomic E-state index is 11.6. The molecule has 5 rings (SSSR count). The first-order valence-corrected chi connectivity index (χ1v) is 12.0. The van der Waals surface area contributed by atoms with Gasteiger partial charge in [-0.2, -0.15) is 0 Å². The van der Waals surface area contributed by atoms with E-state index in [4.69, 9.17) is 10.1 Å². The van der Waals surface area contributed by atoms with Crippen LogP contribution in [0.3, 0.4) is 0 Å². The van der Waals surface area contributed by atoms with E-state index in [9.17, 15) is 4.79 Å². The number of nitrogens with zero attached hydrogens (tertiary/aromatic N) is 3. The summed E-state index contributed by atoms with van der Waals surface area (Å²) in [6.45, 7) is 5.63. The molecule has 0 spiro atoms. The first kappa shape index (κ1) is 22.5. The van der Waals surface area contributed by atoms with E-state index in [1.54, 1.807) is 12.1 Å². The third kappa shape index (κ3) is 4.96. The standard InChI is InChI=1S/C29H31N3O2/c1-21-2-4-22(5-3-21)18-31-13-10-24(11-14-31)27-16-26-12-15-32(29(26)30-17-27)19-23-6-8-25(9-7-23)28(34)20-33/h2-9,12,15-17,24,33H,10-11,13-14,18-20H2,1H3. The molecule has 34 heavy (non-hydrogen) atoms. The van der Waals surface area contributed by atoms with Crippen molar-refractivity contribution in [3.8, 4) is 0 Å². The van der Waals surface area contributed by atoms with Crippen LogP contribution in [0.2, 0.25) is 0 Å². The highest BCUT2D eigenvalue weighted by Gasteiger charge is 2.21. The summed E-state index contributed by atoms with van der Waals surface area (Å²) < 4.78 is 2.15. The van der Waals surface area contributed by atoms with Gasteiger partial charge in [0.25, 0.3) is 0 Å². The molecule has 0 aliphatic carbocycles. The number of hydrogen-bond donors (Lipinski definition) is 1. The molecule has 0 saturated carbocycles. The van der Waals surface area contributed by atoms with Crippen molar-refractivity contribution in [2.75, 3.05) is 19.7 Å². The lowest BCUT2D eigenvalue weighted by molar-refractivity contribution is 0.0903. The molecule has 0 amide bonds.